The monoisotopic (exact) mass is 214 g/mol. The lowest BCUT2D eigenvalue weighted by molar-refractivity contribution is 0.433. The summed E-state index contributed by atoms with van der Waals surface area (Å²) in [5.41, 5.74) is 5.19. The van der Waals surface area contributed by atoms with Gasteiger partial charge in [0.2, 0.25) is 0 Å². The van der Waals surface area contributed by atoms with Gasteiger partial charge in [-0.15, -0.1) is 0 Å². The molecule has 0 aromatic rings. The molecule has 0 rings (SSSR count). The van der Waals surface area contributed by atoms with Crippen molar-refractivity contribution in [3.63, 3.8) is 0 Å². The van der Waals surface area contributed by atoms with Gasteiger partial charge in [-0.25, -0.2) is 0 Å². The second kappa shape index (κ2) is 6.55. The highest BCUT2D eigenvalue weighted by Gasteiger charge is 2.15. The third-order valence-electron chi connectivity index (χ3n) is 1.88. The van der Waals surface area contributed by atoms with Crippen LogP contribution in [0.2, 0.25) is 0 Å². The molecule has 0 amide bonds. The SMILES string of the molecule is CC(C)(C#N)CCCCSC(N)=NN. The molecule has 0 aliphatic heterocycles. The quantitative estimate of drug-likeness (QED) is 0.239. The van der Waals surface area contributed by atoms with Gasteiger partial charge in [0.25, 0.3) is 0 Å². The summed E-state index contributed by atoms with van der Waals surface area (Å²) in [6.07, 6.45) is 2.99. The van der Waals surface area contributed by atoms with Crippen LogP contribution in [-0.4, -0.2) is 10.9 Å². The van der Waals surface area contributed by atoms with Crippen molar-refractivity contribution in [3.05, 3.63) is 0 Å². The summed E-state index contributed by atoms with van der Waals surface area (Å²) in [5.74, 6) is 5.89. The number of hydrogen-bond donors (Lipinski definition) is 2. The number of thioether (sulfide) groups is 1. The summed E-state index contributed by atoms with van der Waals surface area (Å²) in [5, 5.41) is 12.5. The van der Waals surface area contributed by atoms with Crippen LogP contribution < -0.4 is 11.6 Å². The maximum absolute atomic E-state index is 8.77. The molecule has 0 saturated heterocycles. The van der Waals surface area contributed by atoms with Crippen molar-refractivity contribution in [2.75, 3.05) is 5.75 Å². The Balaban J connectivity index is 3.45. The first kappa shape index (κ1) is 13.1. The molecule has 0 aliphatic rings. The number of amidine groups is 1. The van der Waals surface area contributed by atoms with Crippen LogP contribution in [0.25, 0.3) is 0 Å². The van der Waals surface area contributed by atoms with Crippen molar-refractivity contribution < 1.29 is 0 Å². The average Bonchev–Trinajstić information content (AvgIpc) is 2.17. The molecule has 0 saturated carbocycles. The van der Waals surface area contributed by atoms with Crippen molar-refractivity contribution in [3.8, 4) is 6.07 Å². The van der Waals surface area contributed by atoms with E-state index in [0.717, 1.165) is 25.0 Å². The highest BCUT2D eigenvalue weighted by atomic mass is 32.2. The maximum Gasteiger partial charge on any atom is 0.177 e. The van der Waals surface area contributed by atoms with Crippen molar-refractivity contribution >= 4 is 16.9 Å². The normalized spacial score (nSPS) is 12.5. The first-order valence-electron chi connectivity index (χ1n) is 4.59. The molecule has 0 heterocycles. The molecule has 0 aliphatic carbocycles. The van der Waals surface area contributed by atoms with Crippen LogP contribution in [0.1, 0.15) is 33.1 Å². The summed E-state index contributed by atoms with van der Waals surface area (Å²) in [7, 11) is 0. The molecule has 0 spiro atoms. The first-order chi connectivity index (χ1) is 6.52. The van der Waals surface area contributed by atoms with Crippen LogP contribution in [0.5, 0.6) is 0 Å². The molecule has 14 heavy (non-hydrogen) atoms. The van der Waals surface area contributed by atoms with E-state index in [1.54, 1.807) is 0 Å². The Morgan fingerprint density at radius 3 is 2.64 bits per heavy atom. The lowest BCUT2D eigenvalue weighted by Crippen LogP contribution is -2.10. The van der Waals surface area contributed by atoms with Crippen molar-refractivity contribution in [2.45, 2.75) is 33.1 Å². The van der Waals surface area contributed by atoms with E-state index < -0.39 is 0 Å². The highest BCUT2D eigenvalue weighted by Crippen LogP contribution is 2.22. The number of hydrogen-bond acceptors (Lipinski definition) is 4. The predicted octanol–water partition coefficient (Wildman–Crippen LogP) is 1.63. The standard InChI is InChI=1S/C9H18N4S/c1-9(2,7-10)5-3-4-6-14-8(11)13-12/h3-6,12H2,1-2H3,(H2,11,13). The summed E-state index contributed by atoms with van der Waals surface area (Å²) >= 11 is 1.45. The zero-order valence-electron chi connectivity index (χ0n) is 8.79. The second-order valence-corrected chi connectivity index (χ2v) is 4.88. The minimum absolute atomic E-state index is 0.210. The summed E-state index contributed by atoms with van der Waals surface area (Å²) in [4.78, 5) is 0. The number of rotatable bonds is 5. The van der Waals surface area contributed by atoms with E-state index in [1.165, 1.54) is 11.8 Å². The Morgan fingerprint density at radius 2 is 2.14 bits per heavy atom. The number of nitrogens with two attached hydrogens (primary N) is 2. The number of unbranched alkanes of at least 4 members (excludes halogenated alkanes) is 1. The van der Waals surface area contributed by atoms with Gasteiger partial charge in [0, 0.05) is 5.75 Å². The van der Waals surface area contributed by atoms with E-state index in [4.69, 9.17) is 16.8 Å². The fraction of sp³-hybridized carbons (Fsp3) is 0.778. The maximum atomic E-state index is 8.77. The molecule has 80 valence electrons. The Morgan fingerprint density at radius 1 is 1.50 bits per heavy atom. The molecule has 0 bridgehead atoms. The fourth-order valence-electron chi connectivity index (χ4n) is 0.939. The van der Waals surface area contributed by atoms with E-state index in [1.807, 2.05) is 13.8 Å². The summed E-state index contributed by atoms with van der Waals surface area (Å²) in [6.45, 7) is 3.91. The van der Waals surface area contributed by atoms with E-state index in [2.05, 4.69) is 11.2 Å². The molecule has 0 aromatic heterocycles. The Kier molecular flexibility index (Phi) is 6.13. The molecule has 4 nitrogen and oxygen atoms in total. The van der Waals surface area contributed by atoms with Gasteiger partial charge in [0.05, 0.1) is 11.5 Å². The topological polar surface area (TPSA) is 88.2 Å². The highest BCUT2D eigenvalue weighted by molar-refractivity contribution is 8.13. The lowest BCUT2D eigenvalue weighted by Gasteiger charge is -2.13. The fourth-order valence-corrected chi connectivity index (χ4v) is 1.57. The number of nitrogens with zero attached hydrogens (tertiary/aromatic N) is 2. The minimum atomic E-state index is -0.210. The van der Waals surface area contributed by atoms with Gasteiger partial charge in [-0.05, 0) is 26.7 Å². The van der Waals surface area contributed by atoms with Gasteiger partial charge in [0.15, 0.2) is 5.17 Å². The van der Waals surface area contributed by atoms with E-state index in [0.29, 0.717) is 5.17 Å². The van der Waals surface area contributed by atoms with E-state index in [-0.39, 0.29) is 5.41 Å². The van der Waals surface area contributed by atoms with Gasteiger partial charge in [-0.2, -0.15) is 10.4 Å². The van der Waals surface area contributed by atoms with Crippen LogP contribution in [0, 0.1) is 16.7 Å². The first-order valence-corrected chi connectivity index (χ1v) is 5.58. The number of hydrazone groups is 1. The molecule has 0 aromatic carbocycles. The van der Waals surface area contributed by atoms with Gasteiger partial charge < -0.3 is 11.6 Å². The van der Waals surface area contributed by atoms with Crippen molar-refractivity contribution in [2.24, 2.45) is 22.1 Å². The van der Waals surface area contributed by atoms with Gasteiger partial charge >= 0.3 is 0 Å². The minimum Gasteiger partial charge on any atom is -0.377 e. The molecular weight excluding hydrogens is 196 g/mol. The number of nitriles is 1. The second-order valence-electron chi connectivity index (χ2n) is 3.77. The smallest absolute Gasteiger partial charge is 0.177 e. The van der Waals surface area contributed by atoms with E-state index >= 15 is 0 Å². The van der Waals surface area contributed by atoms with Crippen LogP contribution in [0.15, 0.2) is 5.10 Å². The molecule has 4 N–H and O–H groups in total. The summed E-state index contributed by atoms with van der Waals surface area (Å²) in [6, 6.07) is 2.28. The molecule has 0 fully saturated rings. The van der Waals surface area contributed by atoms with Crippen LogP contribution in [0.4, 0.5) is 0 Å². The van der Waals surface area contributed by atoms with Crippen LogP contribution >= 0.6 is 11.8 Å². The summed E-state index contributed by atoms with van der Waals surface area (Å²) < 4.78 is 0. The molecule has 0 radical (unpaired) electrons. The van der Waals surface area contributed by atoms with Gasteiger partial charge in [-0.1, -0.05) is 18.2 Å². The van der Waals surface area contributed by atoms with Crippen LogP contribution in [-0.2, 0) is 0 Å². The van der Waals surface area contributed by atoms with E-state index in [9.17, 15) is 0 Å². The Hall–Kier alpha value is -0.890. The zero-order valence-corrected chi connectivity index (χ0v) is 9.60. The lowest BCUT2D eigenvalue weighted by atomic mass is 9.89. The van der Waals surface area contributed by atoms with Gasteiger partial charge in [0.1, 0.15) is 0 Å². The largest absolute Gasteiger partial charge is 0.377 e. The molecular formula is C9H18N4S. The third kappa shape index (κ3) is 6.61. The average molecular weight is 214 g/mol. The van der Waals surface area contributed by atoms with Crippen molar-refractivity contribution in [1.82, 2.24) is 0 Å². The van der Waals surface area contributed by atoms with Gasteiger partial charge in [-0.3, -0.25) is 0 Å². The molecule has 5 heteroatoms. The molecule has 0 unspecified atom stereocenters. The van der Waals surface area contributed by atoms with Crippen LogP contribution in [0.3, 0.4) is 0 Å². The Labute approximate surface area is 89.7 Å². The Bertz CT molecular complexity index is 229. The predicted molar refractivity (Wildman–Crippen MR) is 61.5 cm³/mol. The molecule has 0 atom stereocenters. The zero-order chi connectivity index (χ0) is 11.0. The third-order valence-corrected chi connectivity index (χ3v) is 2.77. The van der Waals surface area contributed by atoms with Crippen molar-refractivity contribution in [1.29, 1.82) is 5.26 Å².